The number of fused-ring (bicyclic) bond motifs is 1. The minimum atomic E-state index is -2.76. The topological polar surface area (TPSA) is 101 Å². The molecule has 42 heavy (non-hydrogen) atoms. The summed E-state index contributed by atoms with van der Waals surface area (Å²) >= 11 is 0. The average Bonchev–Trinajstić information content (AvgIpc) is 3.50. The van der Waals surface area contributed by atoms with Gasteiger partial charge in [-0.15, -0.1) is 5.10 Å². The summed E-state index contributed by atoms with van der Waals surface area (Å²) < 4.78 is 37.0. The van der Waals surface area contributed by atoms with Gasteiger partial charge in [0.2, 0.25) is 0 Å². The van der Waals surface area contributed by atoms with Crippen molar-refractivity contribution in [3.8, 4) is 23.2 Å². The van der Waals surface area contributed by atoms with Crippen molar-refractivity contribution in [3.05, 3.63) is 54.2 Å². The SMILES string of the molecule is Cc1c(-c2cc(O[C@H](C)c3ccccn3)c3c(c2)ncn3C(F)F)nnn1C1(C2CCN(C3CN(C#N)C3)CC2)CC1. The van der Waals surface area contributed by atoms with Gasteiger partial charge in [-0.2, -0.15) is 14.0 Å². The molecule has 0 N–H and O–H groups in total. The molecule has 1 aromatic carbocycles. The van der Waals surface area contributed by atoms with E-state index in [1.54, 1.807) is 18.3 Å². The molecule has 3 aromatic heterocycles. The number of hydrogen-bond donors (Lipinski definition) is 0. The van der Waals surface area contributed by atoms with Crippen LogP contribution in [0, 0.1) is 24.3 Å². The average molecular weight is 574 g/mol. The Morgan fingerprint density at radius 3 is 2.57 bits per heavy atom. The lowest BCUT2D eigenvalue weighted by Crippen LogP contribution is -2.59. The highest BCUT2D eigenvalue weighted by Gasteiger charge is 2.53. The number of hydrogen-bond acceptors (Lipinski definition) is 8. The summed E-state index contributed by atoms with van der Waals surface area (Å²) in [6.45, 7) is 4.87. The van der Waals surface area contributed by atoms with E-state index in [1.807, 2.05) is 36.9 Å². The molecule has 0 unspecified atom stereocenters. The first-order chi connectivity index (χ1) is 20.4. The van der Waals surface area contributed by atoms with Crippen LogP contribution in [0.5, 0.6) is 5.75 Å². The third kappa shape index (κ3) is 4.47. The zero-order chi connectivity index (χ0) is 29.0. The Labute approximate surface area is 242 Å². The van der Waals surface area contributed by atoms with Crippen molar-refractivity contribution in [2.45, 2.75) is 63.8 Å². The Morgan fingerprint density at radius 1 is 1.12 bits per heavy atom. The van der Waals surface area contributed by atoms with Crippen LogP contribution < -0.4 is 4.74 Å². The lowest BCUT2D eigenvalue weighted by molar-refractivity contribution is 0.0317. The second kappa shape index (κ2) is 10.3. The molecule has 2 saturated heterocycles. The second-order valence-electron chi connectivity index (χ2n) is 11.8. The molecular weight excluding hydrogens is 540 g/mol. The van der Waals surface area contributed by atoms with Crippen LogP contribution in [0.4, 0.5) is 8.78 Å². The summed E-state index contributed by atoms with van der Waals surface area (Å²) in [5.41, 5.74) is 3.69. The van der Waals surface area contributed by atoms with Crippen molar-refractivity contribution < 1.29 is 13.5 Å². The Balaban J connectivity index is 1.17. The lowest BCUT2D eigenvalue weighted by Gasteiger charge is -2.46. The number of pyridine rings is 1. The number of ether oxygens (including phenoxy) is 1. The number of alkyl halides is 2. The van der Waals surface area contributed by atoms with Crippen molar-refractivity contribution in [2.75, 3.05) is 26.2 Å². The Morgan fingerprint density at radius 2 is 1.90 bits per heavy atom. The Hall–Kier alpha value is -4.11. The third-order valence-corrected chi connectivity index (χ3v) is 9.41. The molecule has 1 saturated carbocycles. The number of piperidine rings is 1. The maximum Gasteiger partial charge on any atom is 0.320 e. The van der Waals surface area contributed by atoms with Gasteiger partial charge in [-0.1, -0.05) is 11.3 Å². The van der Waals surface area contributed by atoms with Crippen molar-refractivity contribution in [1.82, 2.24) is 39.3 Å². The number of rotatable bonds is 8. The largest absolute Gasteiger partial charge is 0.482 e. The maximum atomic E-state index is 13.9. The quantitative estimate of drug-likeness (QED) is 0.275. The van der Waals surface area contributed by atoms with Crippen molar-refractivity contribution in [2.24, 2.45) is 5.92 Å². The van der Waals surface area contributed by atoms with Gasteiger partial charge < -0.3 is 9.64 Å². The fourth-order valence-corrected chi connectivity index (χ4v) is 6.88. The van der Waals surface area contributed by atoms with Gasteiger partial charge in [-0.25, -0.2) is 9.67 Å². The first kappa shape index (κ1) is 26.8. The third-order valence-electron chi connectivity index (χ3n) is 9.41. The number of imidazole rings is 1. The smallest absolute Gasteiger partial charge is 0.320 e. The molecule has 1 aliphatic carbocycles. The highest BCUT2D eigenvalue weighted by Crippen LogP contribution is 2.54. The van der Waals surface area contributed by atoms with Crippen LogP contribution >= 0.6 is 0 Å². The normalized spacial score (nSPS) is 20.0. The van der Waals surface area contributed by atoms with Gasteiger partial charge in [-0.05, 0) is 82.8 Å². The standard InChI is InChI=1S/C30H33F2N9O/c1-19-27(36-37-41(19)30(8-9-30)22-6-11-39(12-7-22)23-15-38(16-23)17-33)21-13-25-28(40(18-35-25)29(31)32)26(14-21)42-20(2)24-5-3-4-10-34-24/h3-5,10,13-14,18,20,22-23,29H,6-9,11-12,15-16H2,1-2H3/t20-/m1/s1. The molecule has 0 bridgehead atoms. The molecule has 12 heteroatoms. The molecule has 7 rings (SSSR count). The Kier molecular flexibility index (Phi) is 6.57. The molecule has 218 valence electrons. The maximum absolute atomic E-state index is 13.9. The van der Waals surface area contributed by atoms with Gasteiger partial charge in [0.05, 0.1) is 22.4 Å². The number of nitriles is 1. The van der Waals surface area contributed by atoms with Crippen LogP contribution in [0.25, 0.3) is 22.3 Å². The molecule has 3 aliphatic rings. The monoisotopic (exact) mass is 573 g/mol. The van der Waals surface area contributed by atoms with E-state index in [1.165, 1.54) is 0 Å². The van der Waals surface area contributed by atoms with Crippen LogP contribution in [-0.2, 0) is 5.54 Å². The number of benzene rings is 1. The predicted octanol–water partition coefficient (Wildman–Crippen LogP) is 4.90. The summed E-state index contributed by atoms with van der Waals surface area (Å²) in [7, 11) is 0. The molecule has 3 fully saturated rings. The van der Waals surface area contributed by atoms with Crippen LogP contribution in [0.1, 0.15) is 56.6 Å². The highest BCUT2D eigenvalue weighted by atomic mass is 19.3. The van der Waals surface area contributed by atoms with E-state index >= 15 is 0 Å². The van der Waals surface area contributed by atoms with E-state index in [0.717, 1.165) is 74.0 Å². The molecule has 0 spiro atoms. The minimum absolute atomic E-state index is 0.0338. The number of likely N-dealkylation sites (tertiary alicyclic amines) is 2. The zero-order valence-corrected chi connectivity index (χ0v) is 23.7. The van der Waals surface area contributed by atoms with Crippen LogP contribution in [0.15, 0.2) is 42.9 Å². The summed E-state index contributed by atoms with van der Waals surface area (Å²) in [6, 6.07) is 9.58. The highest BCUT2D eigenvalue weighted by molar-refractivity contribution is 5.87. The van der Waals surface area contributed by atoms with Gasteiger partial charge in [0.15, 0.2) is 6.19 Å². The second-order valence-corrected chi connectivity index (χ2v) is 11.8. The van der Waals surface area contributed by atoms with Crippen molar-refractivity contribution >= 4 is 11.0 Å². The Bertz CT molecular complexity index is 1630. The molecule has 0 amide bonds. The zero-order valence-electron chi connectivity index (χ0n) is 23.7. The van der Waals surface area contributed by atoms with Gasteiger partial charge >= 0.3 is 6.55 Å². The van der Waals surface area contributed by atoms with Crippen LogP contribution in [0.3, 0.4) is 0 Å². The van der Waals surface area contributed by atoms with E-state index in [2.05, 4.69) is 36.1 Å². The number of halogens is 2. The number of aromatic nitrogens is 6. The molecular formula is C30H33F2N9O. The van der Waals surface area contributed by atoms with Crippen LogP contribution in [0.2, 0.25) is 0 Å². The molecule has 1 atom stereocenters. The van der Waals surface area contributed by atoms with Gasteiger partial charge in [0.25, 0.3) is 0 Å². The summed E-state index contributed by atoms with van der Waals surface area (Å²) in [4.78, 5) is 13.0. The van der Waals surface area contributed by atoms with E-state index in [9.17, 15) is 8.78 Å². The molecule has 2 aliphatic heterocycles. The van der Waals surface area contributed by atoms with Gasteiger partial charge in [0.1, 0.15) is 29.4 Å². The van der Waals surface area contributed by atoms with Crippen molar-refractivity contribution in [3.63, 3.8) is 0 Å². The van der Waals surface area contributed by atoms with E-state index in [0.29, 0.717) is 34.6 Å². The predicted molar refractivity (Wildman–Crippen MR) is 150 cm³/mol. The minimum Gasteiger partial charge on any atom is -0.482 e. The number of nitrogens with zero attached hydrogens (tertiary/aromatic N) is 9. The first-order valence-corrected chi connectivity index (χ1v) is 14.6. The van der Waals surface area contributed by atoms with Crippen molar-refractivity contribution in [1.29, 1.82) is 5.26 Å². The lowest BCUT2D eigenvalue weighted by atomic mass is 9.86. The van der Waals surface area contributed by atoms with E-state index in [4.69, 9.17) is 10.00 Å². The van der Waals surface area contributed by atoms with Gasteiger partial charge in [0, 0.05) is 30.9 Å². The van der Waals surface area contributed by atoms with Crippen LogP contribution in [-0.4, -0.2) is 71.5 Å². The first-order valence-electron chi connectivity index (χ1n) is 14.6. The molecule has 5 heterocycles. The molecule has 10 nitrogen and oxygen atoms in total. The summed E-state index contributed by atoms with van der Waals surface area (Å²) in [5, 5.41) is 18.4. The molecule has 0 radical (unpaired) electrons. The molecule has 4 aromatic rings. The van der Waals surface area contributed by atoms with E-state index < -0.39 is 12.7 Å². The summed E-state index contributed by atoms with van der Waals surface area (Å²) in [5.74, 6) is 0.809. The summed E-state index contributed by atoms with van der Waals surface area (Å²) in [6.07, 6.45) is 8.92. The fourth-order valence-electron chi connectivity index (χ4n) is 6.88. The van der Waals surface area contributed by atoms with E-state index in [-0.39, 0.29) is 11.1 Å². The fraction of sp³-hybridized carbons (Fsp3) is 0.500. The van der Waals surface area contributed by atoms with Gasteiger partial charge in [-0.3, -0.25) is 14.5 Å².